The Hall–Kier alpha value is -1.18. The normalized spacial score (nSPS) is 10.2. The van der Waals surface area contributed by atoms with Crippen LogP contribution < -0.4 is 11.1 Å². The first-order valence-electron chi connectivity index (χ1n) is 4.16. The number of nitrogens with one attached hydrogen (secondary N) is 1. The third-order valence-electron chi connectivity index (χ3n) is 1.16. The Labute approximate surface area is 75.9 Å². The smallest absolute Gasteiger partial charge is 0.0498 e. The van der Waals surface area contributed by atoms with Crippen LogP contribution in [0.25, 0.3) is 0 Å². The molecule has 0 atom stereocenters. The number of nitrogens with two attached hydrogens (primary N) is 1. The topological polar surface area (TPSA) is 38.0 Å². The molecule has 2 heteroatoms. The third kappa shape index (κ3) is 6.93. The van der Waals surface area contributed by atoms with Crippen LogP contribution in [0.3, 0.4) is 0 Å². The van der Waals surface area contributed by atoms with E-state index in [4.69, 9.17) is 5.73 Å². The van der Waals surface area contributed by atoms with Gasteiger partial charge in [0.15, 0.2) is 0 Å². The number of rotatable bonds is 4. The largest absolute Gasteiger partial charge is 0.397 e. The van der Waals surface area contributed by atoms with Crippen molar-refractivity contribution in [2.24, 2.45) is 5.73 Å². The second-order valence-electron chi connectivity index (χ2n) is 1.95. The molecule has 0 aliphatic heterocycles. The molecule has 0 rings (SSSR count). The average molecular weight is 168 g/mol. The summed E-state index contributed by atoms with van der Waals surface area (Å²) < 4.78 is 0. The number of hydrogen-bond acceptors (Lipinski definition) is 2. The molecular formula is C10H20N2. The minimum atomic E-state index is 0.682. The number of allylic oxidation sites excluding steroid dienone is 2. The van der Waals surface area contributed by atoms with Crippen LogP contribution in [0, 0.1) is 0 Å². The van der Waals surface area contributed by atoms with Gasteiger partial charge in [0.2, 0.25) is 0 Å². The van der Waals surface area contributed by atoms with E-state index in [0.717, 1.165) is 12.2 Å². The Bertz CT molecular complexity index is 157. The molecule has 2 nitrogen and oxygen atoms in total. The molecule has 0 fully saturated rings. The molecule has 12 heavy (non-hydrogen) atoms. The molecular weight excluding hydrogens is 148 g/mol. The Kier molecular flexibility index (Phi) is 11.0. The fraction of sp³-hybridized carbons (Fsp3) is 0.400. The van der Waals surface area contributed by atoms with Crippen molar-refractivity contribution in [2.45, 2.75) is 20.8 Å². The SMILES string of the molecule is C=CCN/C(C)=C(\N)C=C.CC. The van der Waals surface area contributed by atoms with E-state index in [1.165, 1.54) is 0 Å². The van der Waals surface area contributed by atoms with Crippen molar-refractivity contribution in [3.05, 3.63) is 36.7 Å². The lowest BCUT2D eigenvalue weighted by Crippen LogP contribution is -2.14. The van der Waals surface area contributed by atoms with Gasteiger partial charge in [-0.25, -0.2) is 0 Å². The highest BCUT2D eigenvalue weighted by Gasteiger charge is 1.88. The summed E-state index contributed by atoms with van der Waals surface area (Å²) in [5, 5.41) is 3.05. The molecule has 0 unspecified atom stereocenters. The van der Waals surface area contributed by atoms with E-state index in [9.17, 15) is 0 Å². The van der Waals surface area contributed by atoms with E-state index in [2.05, 4.69) is 18.5 Å². The van der Waals surface area contributed by atoms with Gasteiger partial charge in [0, 0.05) is 17.9 Å². The van der Waals surface area contributed by atoms with Gasteiger partial charge in [0.25, 0.3) is 0 Å². The summed E-state index contributed by atoms with van der Waals surface area (Å²) in [6.45, 7) is 13.7. The molecule has 0 heterocycles. The predicted molar refractivity (Wildman–Crippen MR) is 56.6 cm³/mol. The zero-order valence-corrected chi connectivity index (χ0v) is 8.35. The van der Waals surface area contributed by atoms with Crippen LogP contribution in [0.4, 0.5) is 0 Å². The summed E-state index contributed by atoms with van der Waals surface area (Å²) in [6, 6.07) is 0. The standard InChI is InChI=1S/C8H14N2.C2H6/c1-4-6-10-7(3)8(9)5-2;1-2/h4-5,10H,1-2,6,9H2,3H3;1-2H3/b8-7-;. The van der Waals surface area contributed by atoms with E-state index in [1.807, 2.05) is 20.8 Å². The maximum Gasteiger partial charge on any atom is 0.0498 e. The molecule has 0 aromatic carbocycles. The van der Waals surface area contributed by atoms with Gasteiger partial charge < -0.3 is 11.1 Å². The average Bonchev–Trinajstić information content (AvgIpc) is 2.16. The van der Waals surface area contributed by atoms with E-state index in [0.29, 0.717) is 5.70 Å². The van der Waals surface area contributed by atoms with E-state index >= 15 is 0 Å². The van der Waals surface area contributed by atoms with Gasteiger partial charge >= 0.3 is 0 Å². The summed E-state index contributed by atoms with van der Waals surface area (Å²) in [5.74, 6) is 0. The van der Waals surface area contributed by atoms with Crippen LogP contribution in [0.15, 0.2) is 36.7 Å². The predicted octanol–water partition coefficient (Wildman–Crippen LogP) is 2.16. The molecule has 3 N–H and O–H groups in total. The molecule has 0 saturated carbocycles. The van der Waals surface area contributed by atoms with E-state index in [-0.39, 0.29) is 0 Å². The highest BCUT2D eigenvalue weighted by molar-refractivity contribution is 5.17. The summed E-state index contributed by atoms with van der Waals surface area (Å²) in [5.41, 5.74) is 7.14. The lowest BCUT2D eigenvalue weighted by molar-refractivity contribution is 0.888. The molecule has 0 amide bonds. The molecule has 70 valence electrons. The Morgan fingerprint density at radius 1 is 1.42 bits per heavy atom. The second-order valence-corrected chi connectivity index (χ2v) is 1.95. The highest BCUT2D eigenvalue weighted by atomic mass is 14.9. The van der Waals surface area contributed by atoms with Crippen molar-refractivity contribution in [1.29, 1.82) is 0 Å². The Morgan fingerprint density at radius 3 is 2.25 bits per heavy atom. The second kappa shape index (κ2) is 9.82. The summed E-state index contributed by atoms with van der Waals surface area (Å²) in [6.07, 6.45) is 3.39. The first-order chi connectivity index (χ1) is 5.72. The fourth-order valence-electron chi connectivity index (χ4n) is 0.480. The molecule has 0 bridgehead atoms. The molecule has 0 radical (unpaired) electrons. The first-order valence-corrected chi connectivity index (χ1v) is 4.16. The lowest BCUT2D eigenvalue weighted by Gasteiger charge is -2.04. The van der Waals surface area contributed by atoms with E-state index in [1.54, 1.807) is 12.2 Å². The van der Waals surface area contributed by atoms with Gasteiger partial charge in [-0.3, -0.25) is 0 Å². The van der Waals surface area contributed by atoms with Crippen LogP contribution in [0.5, 0.6) is 0 Å². The van der Waals surface area contributed by atoms with Crippen LogP contribution >= 0.6 is 0 Å². The lowest BCUT2D eigenvalue weighted by atomic mass is 10.3. The van der Waals surface area contributed by atoms with Gasteiger partial charge in [-0.15, -0.1) is 6.58 Å². The van der Waals surface area contributed by atoms with Gasteiger partial charge in [-0.05, 0) is 13.0 Å². The third-order valence-corrected chi connectivity index (χ3v) is 1.16. The summed E-state index contributed by atoms with van der Waals surface area (Å²) in [4.78, 5) is 0. The van der Waals surface area contributed by atoms with Crippen molar-refractivity contribution in [2.75, 3.05) is 6.54 Å². The van der Waals surface area contributed by atoms with Gasteiger partial charge in [0.05, 0.1) is 0 Å². The Balaban J connectivity index is 0. The molecule has 0 aliphatic carbocycles. The zero-order valence-electron chi connectivity index (χ0n) is 8.35. The molecule has 0 aliphatic rings. The van der Waals surface area contributed by atoms with Crippen LogP contribution in [0.1, 0.15) is 20.8 Å². The molecule has 0 saturated heterocycles. The first kappa shape index (κ1) is 13.4. The van der Waals surface area contributed by atoms with E-state index < -0.39 is 0 Å². The molecule has 0 aromatic heterocycles. The van der Waals surface area contributed by atoms with Crippen LogP contribution in [-0.4, -0.2) is 6.54 Å². The van der Waals surface area contributed by atoms with Crippen molar-refractivity contribution >= 4 is 0 Å². The number of hydrogen-bond donors (Lipinski definition) is 2. The molecule has 0 aromatic rings. The monoisotopic (exact) mass is 168 g/mol. The minimum Gasteiger partial charge on any atom is -0.397 e. The maximum absolute atomic E-state index is 5.52. The summed E-state index contributed by atoms with van der Waals surface area (Å²) >= 11 is 0. The quantitative estimate of drug-likeness (QED) is 0.498. The van der Waals surface area contributed by atoms with Crippen LogP contribution in [-0.2, 0) is 0 Å². The highest BCUT2D eigenvalue weighted by Crippen LogP contribution is 1.92. The van der Waals surface area contributed by atoms with Crippen LogP contribution in [0.2, 0.25) is 0 Å². The van der Waals surface area contributed by atoms with Gasteiger partial charge in [0.1, 0.15) is 0 Å². The molecule has 0 spiro atoms. The van der Waals surface area contributed by atoms with Crippen molar-refractivity contribution < 1.29 is 0 Å². The van der Waals surface area contributed by atoms with Gasteiger partial charge in [-0.1, -0.05) is 26.5 Å². The van der Waals surface area contributed by atoms with Crippen molar-refractivity contribution in [3.63, 3.8) is 0 Å². The minimum absolute atomic E-state index is 0.682. The van der Waals surface area contributed by atoms with Gasteiger partial charge in [-0.2, -0.15) is 0 Å². The van der Waals surface area contributed by atoms with Crippen molar-refractivity contribution in [1.82, 2.24) is 5.32 Å². The Morgan fingerprint density at radius 2 is 1.92 bits per heavy atom. The zero-order chi connectivity index (χ0) is 9.98. The maximum atomic E-state index is 5.52. The van der Waals surface area contributed by atoms with Crippen molar-refractivity contribution in [3.8, 4) is 0 Å². The summed E-state index contributed by atoms with van der Waals surface area (Å²) in [7, 11) is 0. The fourth-order valence-corrected chi connectivity index (χ4v) is 0.480.